The van der Waals surface area contributed by atoms with Gasteiger partial charge in [0.15, 0.2) is 0 Å². The second kappa shape index (κ2) is 7.98. The Morgan fingerprint density at radius 3 is 2.32 bits per heavy atom. The summed E-state index contributed by atoms with van der Waals surface area (Å²) in [5.41, 5.74) is 4.14. The maximum Gasteiger partial charge on any atom is 0.258 e. The molecule has 4 rings (SSSR count). The van der Waals surface area contributed by atoms with Crippen molar-refractivity contribution in [1.29, 1.82) is 0 Å². The van der Waals surface area contributed by atoms with Crippen molar-refractivity contribution in [3.8, 4) is 0 Å². The van der Waals surface area contributed by atoms with Crippen LogP contribution in [0, 0.1) is 6.92 Å². The monoisotopic (exact) mass is 390 g/mol. The zero-order chi connectivity index (χ0) is 19.5. The molecule has 0 saturated carbocycles. The minimum atomic E-state index is -0.188. The molecular weight excluding hydrogens is 368 g/mol. The van der Waals surface area contributed by atoms with Gasteiger partial charge in [-0.2, -0.15) is 0 Å². The molecule has 1 aliphatic carbocycles. The van der Waals surface area contributed by atoms with E-state index in [9.17, 15) is 9.59 Å². The van der Waals surface area contributed by atoms with E-state index in [0.717, 1.165) is 42.5 Å². The zero-order valence-corrected chi connectivity index (χ0v) is 16.6. The smallest absolute Gasteiger partial charge is 0.258 e. The van der Waals surface area contributed by atoms with Crippen molar-refractivity contribution < 1.29 is 9.59 Å². The highest BCUT2D eigenvalue weighted by Crippen LogP contribution is 2.38. The Bertz CT molecular complexity index is 1010. The van der Waals surface area contributed by atoms with E-state index >= 15 is 0 Å². The van der Waals surface area contributed by atoms with Crippen LogP contribution in [0.5, 0.6) is 0 Å². The Hall–Kier alpha value is -2.92. The third-order valence-electron chi connectivity index (χ3n) is 4.97. The van der Waals surface area contributed by atoms with E-state index in [4.69, 9.17) is 0 Å². The maximum atomic E-state index is 13.1. The minimum Gasteiger partial charge on any atom is -0.322 e. The van der Waals surface area contributed by atoms with Gasteiger partial charge in [-0.15, -0.1) is 11.3 Å². The summed E-state index contributed by atoms with van der Waals surface area (Å²) in [4.78, 5) is 27.0. The first-order chi connectivity index (χ1) is 13.6. The molecule has 28 heavy (non-hydrogen) atoms. The van der Waals surface area contributed by atoms with E-state index in [1.165, 1.54) is 16.2 Å². The van der Waals surface area contributed by atoms with Crippen LogP contribution in [0.2, 0.25) is 0 Å². The van der Waals surface area contributed by atoms with Gasteiger partial charge in [-0.25, -0.2) is 0 Å². The number of amides is 2. The van der Waals surface area contributed by atoms with Crippen LogP contribution < -0.4 is 10.6 Å². The van der Waals surface area contributed by atoms with E-state index in [-0.39, 0.29) is 11.8 Å². The predicted molar refractivity (Wildman–Crippen MR) is 114 cm³/mol. The lowest BCUT2D eigenvalue weighted by molar-refractivity contribution is 0.102. The molecule has 0 spiro atoms. The summed E-state index contributed by atoms with van der Waals surface area (Å²) in [6.45, 7) is 1.99. The van der Waals surface area contributed by atoms with Gasteiger partial charge in [0.2, 0.25) is 0 Å². The number of thiophene rings is 1. The molecule has 3 aromatic rings. The largest absolute Gasteiger partial charge is 0.322 e. The average molecular weight is 391 g/mol. The number of anilines is 2. The van der Waals surface area contributed by atoms with Gasteiger partial charge in [0.05, 0.1) is 5.56 Å². The lowest BCUT2D eigenvalue weighted by atomic mass is 9.95. The summed E-state index contributed by atoms with van der Waals surface area (Å²) in [7, 11) is 0. The maximum absolute atomic E-state index is 13.1. The summed E-state index contributed by atoms with van der Waals surface area (Å²) in [5, 5.41) is 6.61. The van der Waals surface area contributed by atoms with E-state index in [2.05, 4.69) is 10.6 Å². The van der Waals surface area contributed by atoms with Crippen molar-refractivity contribution >= 4 is 33.8 Å². The number of fused-ring (bicyclic) bond motifs is 1. The van der Waals surface area contributed by atoms with Gasteiger partial charge in [0.25, 0.3) is 11.8 Å². The van der Waals surface area contributed by atoms with Gasteiger partial charge in [0.1, 0.15) is 5.00 Å². The van der Waals surface area contributed by atoms with Crippen LogP contribution in [0.15, 0.2) is 54.6 Å². The summed E-state index contributed by atoms with van der Waals surface area (Å²) < 4.78 is 0. The molecule has 4 nitrogen and oxygen atoms in total. The van der Waals surface area contributed by atoms with Crippen LogP contribution in [0.3, 0.4) is 0 Å². The molecular formula is C23H22N2O2S. The normalized spacial score (nSPS) is 12.9. The molecule has 0 fully saturated rings. The molecule has 2 aromatic carbocycles. The van der Waals surface area contributed by atoms with E-state index in [1.807, 2.05) is 61.5 Å². The quantitative estimate of drug-likeness (QED) is 0.623. The van der Waals surface area contributed by atoms with Crippen molar-refractivity contribution in [2.24, 2.45) is 0 Å². The van der Waals surface area contributed by atoms with Crippen LogP contribution >= 0.6 is 11.3 Å². The summed E-state index contributed by atoms with van der Waals surface area (Å²) in [6, 6.07) is 16.9. The zero-order valence-electron chi connectivity index (χ0n) is 15.7. The third-order valence-corrected chi connectivity index (χ3v) is 6.18. The number of hydrogen-bond donors (Lipinski definition) is 2. The number of carbonyl (C=O) groups is 2. The van der Waals surface area contributed by atoms with Crippen LogP contribution in [-0.2, 0) is 12.8 Å². The molecule has 0 radical (unpaired) electrons. The Morgan fingerprint density at radius 2 is 1.57 bits per heavy atom. The first-order valence-corrected chi connectivity index (χ1v) is 10.3. The van der Waals surface area contributed by atoms with Gasteiger partial charge in [-0.3, -0.25) is 9.59 Å². The summed E-state index contributed by atoms with van der Waals surface area (Å²) >= 11 is 1.53. The van der Waals surface area contributed by atoms with Crippen molar-refractivity contribution in [2.45, 2.75) is 32.6 Å². The molecule has 0 bridgehead atoms. The lowest BCUT2D eigenvalue weighted by Gasteiger charge is -2.13. The van der Waals surface area contributed by atoms with Gasteiger partial charge in [-0.05, 0) is 62.4 Å². The minimum absolute atomic E-state index is 0.162. The topological polar surface area (TPSA) is 58.2 Å². The highest BCUT2D eigenvalue weighted by atomic mass is 32.1. The van der Waals surface area contributed by atoms with E-state index < -0.39 is 0 Å². The highest BCUT2D eigenvalue weighted by Gasteiger charge is 2.26. The number of para-hydroxylation sites is 1. The van der Waals surface area contributed by atoms with E-state index in [1.54, 1.807) is 0 Å². The van der Waals surface area contributed by atoms with Crippen molar-refractivity contribution in [3.63, 3.8) is 0 Å². The molecule has 1 aromatic heterocycles. The molecule has 1 aliphatic rings. The number of hydrogen-bond acceptors (Lipinski definition) is 3. The number of nitrogens with one attached hydrogen (secondary N) is 2. The number of carbonyl (C=O) groups excluding carboxylic acids is 2. The second-order valence-electron chi connectivity index (χ2n) is 7.06. The first-order valence-electron chi connectivity index (χ1n) is 9.51. The second-order valence-corrected chi connectivity index (χ2v) is 8.16. The Morgan fingerprint density at radius 1 is 0.857 bits per heavy atom. The van der Waals surface area contributed by atoms with Crippen molar-refractivity contribution in [3.05, 3.63) is 81.7 Å². The van der Waals surface area contributed by atoms with Crippen LogP contribution in [0.1, 0.15) is 49.6 Å². The molecule has 0 saturated heterocycles. The fourth-order valence-corrected chi connectivity index (χ4v) is 4.77. The molecule has 0 atom stereocenters. The third kappa shape index (κ3) is 3.85. The Kier molecular flexibility index (Phi) is 5.26. The fourth-order valence-electron chi connectivity index (χ4n) is 3.49. The SMILES string of the molecule is Cc1ccc(C(=O)Nc2sc3c(c2C(=O)Nc2ccccc2)CCCC3)cc1. The highest BCUT2D eigenvalue weighted by molar-refractivity contribution is 7.17. The van der Waals surface area contributed by atoms with Crippen LogP contribution in [0.4, 0.5) is 10.7 Å². The van der Waals surface area contributed by atoms with Gasteiger partial charge in [-0.1, -0.05) is 35.9 Å². The summed E-state index contributed by atoms with van der Waals surface area (Å²) in [5.74, 6) is -0.350. The standard InChI is InChI=1S/C23H22N2O2S/c1-15-11-13-16(14-12-15)21(26)25-23-20(18-9-5-6-10-19(18)28-23)22(27)24-17-7-3-2-4-8-17/h2-4,7-8,11-14H,5-6,9-10H2,1H3,(H,24,27)(H,25,26). The fraction of sp³-hybridized carbons (Fsp3) is 0.217. The lowest BCUT2D eigenvalue weighted by Crippen LogP contribution is -2.18. The predicted octanol–water partition coefficient (Wildman–Crippen LogP) is 5.44. The van der Waals surface area contributed by atoms with Crippen LogP contribution in [0.25, 0.3) is 0 Å². The Labute approximate surface area is 168 Å². The van der Waals surface area contributed by atoms with E-state index in [0.29, 0.717) is 16.1 Å². The van der Waals surface area contributed by atoms with Crippen LogP contribution in [-0.4, -0.2) is 11.8 Å². The molecule has 5 heteroatoms. The molecule has 0 aliphatic heterocycles. The number of benzene rings is 2. The van der Waals surface area contributed by atoms with Crippen molar-refractivity contribution in [1.82, 2.24) is 0 Å². The average Bonchev–Trinajstić information content (AvgIpc) is 3.07. The number of aryl methyl sites for hydroxylation is 2. The summed E-state index contributed by atoms with van der Waals surface area (Å²) in [6.07, 6.45) is 4.04. The van der Waals surface area contributed by atoms with Gasteiger partial charge in [0, 0.05) is 16.1 Å². The van der Waals surface area contributed by atoms with Gasteiger partial charge < -0.3 is 10.6 Å². The molecule has 0 unspecified atom stereocenters. The van der Waals surface area contributed by atoms with Gasteiger partial charge >= 0.3 is 0 Å². The molecule has 1 heterocycles. The van der Waals surface area contributed by atoms with Crippen molar-refractivity contribution in [2.75, 3.05) is 10.6 Å². The first kappa shape index (κ1) is 18.4. The molecule has 142 valence electrons. The number of rotatable bonds is 4. The molecule has 2 amide bonds. The Balaban J connectivity index is 1.65. The molecule has 2 N–H and O–H groups in total.